The molecule has 0 unspecified atom stereocenters. The van der Waals surface area contributed by atoms with E-state index in [1.54, 1.807) is 36.4 Å². The monoisotopic (exact) mass is 518 g/mol. The molecule has 0 fully saturated rings. The first kappa shape index (κ1) is 23.9. The fraction of sp³-hybridized carbons (Fsp3) is 0.148. The van der Waals surface area contributed by atoms with Crippen molar-refractivity contribution in [2.45, 2.75) is 31.1 Å². The molecule has 7 nitrogen and oxygen atoms in total. The van der Waals surface area contributed by atoms with Gasteiger partial charge in [-0.25, -0.2) is 13.2 Å². The van der Waals surface area contributed by atoms with Gasteiger partial charge < -0.3 is 4.42 Å². The quantitative estimate of drug-likeness (QED) is 0.301. The topological polar surface area (TPSA) is 97.5 Å². The Bertz CT molecular complexity index is 1770. The van der Waals surface area contributed by atoms with Gasteiger partial charge in [0.2, 0.25) is 0 Å². The van der Waals surface area contributed by atoms with E-state index < -0.39 is 20.9 Å². The largest absolute Gasteiger partial charge is 0.413 e. The zero-order valence-electron chi connectivity index (χ0n) is 19.8. The van der Waals surface area contributed by atoms with E-state index in [0.29, 0.717) is 21.1 Å². The minimum Gasteiger partial charge on any atom is -0.413 e. The normalized spacial score (nSPS) is 12.2. The molecule has 2 aromatic heterocycles. The van der Waals surface area contributed by atoms with E-state index >= 15 is 0 Å². The molecule has 0 atom stereocenters. The minimum absolute atomic E-state index is 0.0255. The van der Waals surface area contributed by atoms with E-state index in [1.165, 1.54) is 42.7 Å². The lowest BCUT2D eigenvalue weighted by molar-refractivity contribution is 0.101. The predicted octanol–water partition coefficient (Wildman–Crippen LogP) is 5.74. The first-order valence-electron chi connectivity index (χ1n) is 11.1. The van der Waals surface area contributed by atoms with E-state index in [0.717, 1.165) is 21.2 Å². The average molecular weight is 519 g/mol. The molecule has 0 aliphatic carbocycles. The lowest BCUT2D eigenvalue weighted by atomic mass is 9.87. The van der Waals surface area contributed by atoms with Gasteiger partial charge in [-0.1, -0.05) is 68.5 Å². The van der Waals surface area contributed by atoms with Crippen LogP contribution in [-0.2, 0) is 15.4 Å². The zero-order valence-corrected chi connectivity index (χ0v) is 21.4. The fourth-order valence-corrected chi connectivity index (χ4v) is 6.18. The summed E-state index contributed by atoms with van der Waals surface area (Å²) in [6.45, 7) is 6.11. The highest BCUT2D eigenvalue weighted by Crippen LogP contribution is 2.38. The van der Waals surface area contributed by atoms with E-state index in [2.05, 4.69) is 4.98 Å². The van der Waals surface area contributed by atoms with Gasteiger partial charge in [-0.2, -0.15) is 4.31 Å². The van der Waals surface area contributed by atoms with Crippen molar-refractivity contribution >= 4 is 54.0 Å². The second-order valence-corrected chi connectivity index (χ2v) is 12.1. The van der Waals surface area contributed by atoms with Crippen LogP contribution in [0.2, 0.25) is 0 Å². The number of carbonyl (C=O) groups is 1. The van der Waals surface area contributed by atoms with E-state index in [9.17, 15) is 18.0 Å². The van der Waals surface area contributed by atoms with Crippen molar-refractivity contribution in [3.8, 4) is 0 Å². The Balaban J connectivity index is 1.79. The smallest absolute Gasteiger partial charge is 0.396 e. The molecule has 36 heavy (non-hydrogen) atoms. The maximum absolute atomic E-state index is 14.1. The highest BCUT2D eigenvalue weighted by molar-refractivity contribution is 7.93. The highest BCUT2D eigenvalue weighted by atomic mass is 32.2. The van der Waals surface area contributed by atoms with Gasteiger partial charge in [-0.3, -0.25) is 9.78 Å². The van der Waals surface area contributed by atoms with E-state index in [-0.39, 0.29) is 21.6 Å². The first-order valence-corrected chi connectivity index (χ1v) is 13.4. The lowest BCUT2D eigenvalue weighted by Crippen LogP contribution is -2.37. The summed E-state index contributed by atoms with van der Waals surface area (Å²) in [4.78, 5) is 29.3. The summed E-state index contributed by atoms with van der Waals surface area (Å²) in [5.41, 5.74) is 1.44. The Kier molecular flexibility index (Phi) is 5.77. The number of aromatic nitrogens is 1. The van der Waals surface area contributed by atoms with Crippen LogP contribution in [0.25, 0.3) is 21.1 Å². The number of nitrogens with zero attached hydrogens (tertiary/aromatic N) is 2. The first-order chi connectivity index (χ1) is 17.1. The summed E-state index contributed by atoms with van der Waals surface area (Å²) in [5, 5.41) is 0.998. The number of hydrogen-bond acceptors (Lipinski definition) is 7. The van der Waals surface area contributed by atoms with Gasteiger partial charge in [0.25, 0.3) is 15.9 Å². The fourth-order valence-electron chi connectivity index (χ4n) is 4.04. The summed E-state index contributed by atoms with van der Waals surface area (Å²) < 4.78 is 34.8. The van der Waals surface area contributed by atoms with Crippen LogP contribution in [0.4, 0.5) is 5.69 Å². The second-order valence-electron chi connectivity index (χ2n) is 9.31. The Morgan fingerprint density at radius 1 is 0.944 bits per heavy atom. The van der Waals surface area contributed by atoms with Gasteiger partial charge in [0.15, 0.2) is 5.58 Å². The molecule has 1 amide bonds. The molecule has 3 aromatic carbocycles. The number of rotatable bonds is 4. The highest BCUT2D eigenvalue weighted by Gasteiger charge is 2.34. The molecule has 0 radical (unpaired) electrons. The number of hydrogen-bond donors (Lipinski definition) is 0. The molecule has 5 aromatic rings. The van der Waals surface area contributed by atoms with Crippen LogP contribution in [0, 0.1) is 0 Å². The van der Waals surface area contributed by atoms with E-state index in [4.69, 9.17) is 4.42 Å². The van der Waals surface area contributed by atoms with Crippen LogP contribution in [0.3, 0.4) is 0 Å². The van der Waals surface area contributed by atoms with Crippen LogP contribution < -0.4 is 9.24 Å². The van der Waals surface area contributed by atoms with Crippen LogP contribution in [0.1, 0.15) is 36.7 Å². The Hall–Kier alpha value is -3.82. The number of carbonyl (C=O) groups excluding carboxylic acids is 1. The van der Waals surface area contributed by atoms with Gasteiger partial charge in [0, 0.05) is 28.7 Å². The Labute approximate surface area is 211 Å². The molecule has 9 heteroatoms. The maximum atomic E-state index is 14.1. The molecule has 0 aliphatic rings. The maximum Gasteiger partial charge on any atom is 0.396 e. The van der Waals surface area contributed by atoms with Gasteiger partial charge in [-0.05, 0) is 41.3 Å². The number of pyridine rings is 1. The average Bonchev–Trinajstić information content (AvgIpc) is 3.24. The molecule has 0 spiro atoms. The number of amides is 1. The van der Waals surface area contributed by atoms with Crippen molar-refractivity contribution in [3.63, 3.8) is 0 Å². The third-order valence-electron chi connectivity index (χ3n) is 5.91. The van der Waals surface area contributed by atoms with Crippen molar-refractivity contribution in [3.05, 3.63) is 100.0 Å². The molecule has 0 saturated carbocycles. The summed E-state index contributed by atoms with van der Waals surface area (Å²) >= 11 is 0.852. The number of benzene rings is 3. The van der Waals surface area contributed by atoms with Gasteiger partial charge >= 0.3 is 4.94 Å². The van der Waals surface area contributed by atoms with Crippen LogP contribution in [0.15, 0.2) is 93.2 Å². The van der Waals surface area contributed by atoms with Crippen molar-refractivity contribution in [1.82, 2.24) is 4.98 Å². The minimum atomic E-state index is -4.36. The Morgan fingerprint density at radius 2 is 1.58 bits per heavy atom. The predicted molar refractivity (Wildman–Crippen MR) is 141 cm³/mol. The zero-order chi connectivity index (χ0) is 25.7. The third-order valence-corrected chi connectivity index (χ3v) is 8.39. The molecule has 0 aliphatic heterocycles. The molecule has 0 saturated heterocycles. The van der Waals surface area contributed by atoms with Crippen molar-refractivity contribution in [2.75, 3.05) is 4.31 Å². The number of fused-ring (bicyclic) bond motifs is 3. The standard InChI is InChI=1S/C27H22N2O5S2/c1-27(2,3)18-8-10-19(11-9-18)36(32,33)29(25(30)17-12-14-28-15-13-17)22-16-23-24(34-26(31)35-23)21-7-5-4-6-20(21)22/h4-16H,1-3H3. The lowest BCUT2D eigenvalue weighted by Gasteiger charge is -2.25. The van der Waals surface area contributed by atoms with Crippen LogP contribution in [0.5, 0.6) is 0 Å². The molecule has 0 N–H and O–H groups in total. The SMILES string of the molecule is CC(C)(C)c1ccc(S(=O)(=O)N(C(=O)c2ccncc2)c2cc3sc(=O)oc3c3ccccc23)cc1. The summed E-state index contributed by atoms with van der Waals surface area (Å²) in [7, 11) is -4.36. The molecular formula is C27H22N2O5S2. The third kappa shape index (κ3) is 4.10. The van der Waals surface area contributed by atoms with Crippen molar-refractivity contribution in [1.29, 1.82) is 0 Å². The van der Waals surface area contributed by atoms with Crippen molar-refractivity contribution < 1.29 is 17.6 Å². The van der Waals surface area contributed by atoms with Gasteiger partial charge in [0.05, 0.1) is 15.3 Å². The molecule has 0 bridgehead atoms. The summed E-state index contributed by atoms with van der Waals surface area (Å²) in [6, 6.07) is 17.9. The van der Waals surface area contributed by atoms with Crippen LogP contribution in [-0.4, -0.2) is 19.3 Å². The number of anilines is 1. The van der Waals surface area contributed by atoms with Gasteiger partial charge in [-0.15, -0.1) is 0 Å². The molecule has 5 rings (SSSR count). The van der Waals surface area contributed by atoms with Gasteiger partial charge in [0.1, 0.15) is 0 Å². The molecule has 182 valence electrons. The Morgan fingerprint density at radius 3 is 2.22 bits per heavy atom. The summed E-state index contributed by atoms with van der Waals surface area (Å²) in [6.07, 6.45) is 2.86. The molecular weight excluding hydrogens is 496 g/mol. The van der Waals surface area contributed by atoms with Crippen LogP contribution >= 0.6 is 11.3 Å². The second kappa shape index (κ2) is 8.69. The van der Waals surface area contributed by atoms with E-state index in [1.807, 2.05) is 20.8 Å². The molecule has 2 heterocycles. The summed E-state index contributed by atoms with van der Waals surface area (Å²) in [5.74, 6) is -0.738. The van der Waals surface area contributed by atoms with Crippen molar-refractivity contribution in [2.24, 2.45) is 0 Å². The number of sulfonamides is 1.